The number of hydrogen-bond donors (Lipinski definition) is 1. The van der Waals surface area contributed by atoms with Crippen molar-refractivity contribution in [2.75, 3.05) is 0 Å². The Morgan fingerprint density at radius 1 is 1.05 bits per heavy atom. The first-order valence-corrected chi connectivity index (χ1v) is 6.40. The quantitative estimate of drug-likeness (QED) is 0.598. The fraction of sp³-hybridized carbons (Fsp3) is 0.200. The fourth-order valence-electron chi connectivity index (χ4n) is 2.65. The molecule has 6 heteroatoms. The number of allylic oxidation sites excluding steroid dienone is 1. The molecule has 0 aromatic heterocycles. The summed E-state index contributed by atoms with van der Waals surface area (Å²) in [6, 6.07) is 5.78. The number of fused-ring (bicyclic) bond motifs is 1. The minimum atomic E-state index is -0.730. The Morgan fingerprint density at radius 2 is 1.67 bits per heavy atom. The van der Waals surface area contributed by atoms with Gasteiger partial charge in [-0.1, -0.05) is 12.1 Å². The minimum absolute atomic E-state index is 0.00843. The second-order valence-electron chi connectivity index (χ2n) is 4.80. The van der Waals surface area contributed by atoms with Crippen LogP contribution >= 0.6 is 0 Å². The first-order chi connectivity index (χ1) is 10.2. The molecule has 6 nitrogen and oxygen atoms in total. The van der Waals surface area contributed by atoms with Crippen LogP contribution in [0.2, 0.25) is 0 Å². The second kappa shape index (κ2) is 4.87. The normalized spacial score (nSPS) is 20.8. The number of carbonyl (C=O) groups excluding carboxylic acids is 4. The number of carbonyl (C=O) groups is 2. The van der Waals surface area contributed by atoms with Gasteiger partial charge in [-0.15, -0.1) is 0 Å². The van der Waals surface area contributed by atoms with E-state index < -0.39 is 17.9 Å². The SMILES string of the molecule is O=C=C1CCC(N2C(=O)c3ccccc3C2=O)C(=C=O)N1. The van der Waals surface area contributed by atoms with E-state index in [2.05, 4.69) is 5.32 Å². The Balaban J connectivity index is 1.99. The van der Waals surface area contributed by atoms with Crippen molar-refractivity contribution in [3.8, 4) is 0 Å². The molecule has 1 aromatic carbocycles. The maximum absolute atomic E-state index is 12.4. The number of nitrogens with zero attached hydrogens (tertiary/aromatic N) is 1. The zero-order chi connectivity index (χ0) is 15.0. The summed E-state index contributed by atoms with van der Waals surface area (Å²) >= 11 is 0. The highest BCUT2D eigenvalue weighted by Gasteiger charge is 2.42. The molecule has 1 saturated heterocycles. The van der Waals surface area contributed by atoms with Gasteiger partial charge in [0.05, 0.1) is 17.2 Å². The lowest BCUT2D eigenvalue weighted by Crippen LogP contribution is -2.46. The molecule has 2 aliphatic heterocycles. The Bertz CT molecular complexity index is 720. The van der Waals surface area contributed by atoms with Crippen LogP contribution < -0.4 is 5.32 Å². The van der Waals surface area contributed by atoms with Crippen LogP contribution in [0.4, 0.5) is 0 Å². The smallest absolute Gasteiger partial charge is 0.262 e. The largest absolute Gasteiger partial charge is 0.342 e. The Hall–Kier alpha value is -2.94. The Kier molecular flexibility index (Phi) is 3.03. The molecule has 0 spiro atoms. The van der Waals surface area contributed by atoms with Gasteiger partial charge < -0.3 is 5.32 Å². The van der Waals surface area contributed by atoms with E-state index in [1.165, 1.54) is 0 Å². The van der Waals surface area contributed by atoms with Crippen LogP contribution in [-0.2, 0) is 9.59 Å². The molecular weight excluding hydrogens is 272 g/mol. The molecule has 2 amide bonds. The van der Waals surface area contributed by atoms with Gasteiger partial charge in [0.2, 0.25) is 0 Å². The predicted octanol–water partition coefficient (Wildman–Crippen LogP) is 0.466. The summed E-state index contributed by atoms with van der Waals surface area (Å²) in [5.41, 5.74) is 0.879. The Morgan fingerprint density at radius 3 is 2.19 bits per heavy atom. The third kappa shape index (κ3) is 1.91. The first-order valence-electron chi connectivity index (χ1n) is 6.40. The number of rotatable bonds is 1. The highest BCUT2D eigenvalue weighted by atomic mass is 16.2. The van der Waals surface area contributed by atoms with Crippen molar-refractivity contribution in [3.63, 3.8) is 0 Å². The molecule has 2 aliphatic rings. The van der Waals surface area contributed by atoms with Crippen LogP contribution in [0.15, 0.2) is 35.7 Å². The standard InChI is InChI=1S/C15H10N2O4/c18-7-9-5-6-13(12(8-19)16-9)17-14(20)10-3-1-2-4-11(10)15(17)21/h1-4,13,16H,5-6H2. The van der Waals surface area contributed by atoms with Crippen LogP contribution in [0.25, 0.3) is 0 Å². The van der Waals surface area contributed by atoms with E-state index in [1.807, 2.05) is 0 Å². The highest BCUT2D eigenvalue weighted by molar-refractivity contribution is 6.21. The minimum Gasteiger partial charge on any atom is -0.342 e. The molecule has 0 aliphatic carbocycles. The average molecular weight is 282 g/mol. The van der Waals surface area contributed by atoms with E-state index in [9.17, 15) is 19.2 Å². The van der Waals surface area contributed by atoms with Crippen LogP contribution in [0.1, 0.15) is 33.6 Å². The average Bonchev–Trinajstić information content (AvgIpc) is 2.79. The number of benzene rings is 1. The maximum Gasteiger partial charge on any atom is 0.262 e. The van der Waals surface area contributed by atoms with Crippen LogP contribution in [0.5, 0.6) is 0 Å². The molecule has 1 aromatic rings. The number of imide groups is 1. The highest BCUT2D eigenvalue weighted by Crippen LogP contribution is 2.30. The van der Waals surface area contributed by atoms with Crippen LogP contribution in [0, 0.1) is 0 Å². The summed E-state index contributed by atoms with van der Waals surface area (Å²) in [6.45, 7) is 0. The summed E-state index contributed by atoms with van der Waals surface area (Å²) in [5, 5.41) is 2.59. The van der Waals surface area contributed by atoms with Gasteiger partial charge in [0.1, 0.15) is 23.3 Å². The topological polar surface area (TPSA) is 83.6 Å². The molecule has 2 heterocycles. The number of nitrogens with one attached hydrogen (secondary N) is 1. The van der Waals surface area contributed by atoms with E-state index in [0.29, 0.717) is 24.0 Å². The van der Waals surface area contributed by atoms with Crippen molar-refractivity contribution in [3.05, 3.63) is 46.8 Å². The number of amides is 2. The lowest BCUT2D eigenvalue weighted by Gasteiger charge is -2.30. The molecule has 104 valence electrons. The van der Waals surface area contributed by atoms with Gasteiger partial charge in [-0.2, -0.15) is 0 Å². The molecule has 3 rings (SSSR count). The molecule has 1 N–H and O–H groups in total. The van der Waals surface area contributed by atoms with E-state index in [0.717, 1.165) is 4.90 Å². The van der Waals surface area contributed by atoms with Gasteiger partial charge >= 0.3 is 0 Å². The molecule has 0 radical (unpaired) electrons. The molecular formula is C15H10N2O4. The van der Waals surface area contributed by atoms with Gasteiger partial charge in [0, 0.05) is 6.42 Å². The maximum atomic E-state index is 12.4. The second-order valence-corrected chi connectivity index (χ2v) is 4.80. The summed E-state index contributed by atoms with van der Waals surface area (Å²) in [7, 11) is 0. The van der Waals surface area contributed by atoms with E-state index in [4.69, 9.17) is 0 Å². The third-order valence-electron chi connectivity index (χ3n) is 3.66. The summed E-state index contributed by atoms with van der Waals surface area (Å²) in [6.07, 6.45) is 0.611. The summed E-state index contributed by atoms with van der Waals surface area (Å²) in [5.74, 6) is 2.49. The summed E-state index contributed by atoms with van der Waals surface area (Å²) in [4.78, 5) is 47.5. The van der Waals surface area contributed by atoms with Gasteiger partial charge in [0.25, 0.3) is 11.8 Å². The monoisotopic (exact) mass is 282 g/mol. The fourth-order valence-corrected chi connectivity index (χ4v) is 2.65. The predicted molar refractivity (Wildman–Crippen MR) is 71.5 cm³/mol. The lowest BCUT2D eigenvalue weighted by atomic mass is 10.0. The van der Waals surface area contributed by atoms with Crippen LogP contribution in [-0.4, -0.2) is 34.6 Å². The number of hydrogen-bond acceptors (Lipinski definition) is 5. The Labute approximate surface area is 119 Å². The molecule has 1 fully saturated rings. The molecule has 0 saturated carbocycles. The molecule has 1 unspecified atom stereocenters. The van der Waals surface area contributed by atoms with Gasteiger partial charge in [-0.05, 0) is 18.6 Å². The van der Waals surface area contributed by atoms with E-state index in [1.54, 1.807) is 36.1 Å². The van der Waals surface area contributed by atoms with Crippen molar-refractivity contribution in [1.29, 1.82) is 0 Å². The van der Waals surface area contributed by atoms with Crippen molar-refractivity contribution in [1.82, 2.24) is 10.2 Å². The van der Waals surface area contributed by atoms with Gasteiger partial charge in [-0.25, -0.2) is 9.59 Å². The van der Waals surface area contributed by atoms with Gasteiger partial charge in [0.15, 0.2) is 0 Å². The van der Waals surface area contributed by atoms with Crippen molar-refractivity contribution < 1.29 is 19.2 Å². The lowest BCUT2D eigenvalue weighted by molar-refractivity contribution is 0.0593. The van der Waals surface area contributed by atoms with E-state index >= 15 is 0 Å². The third-order valence-corrected chi connectivity index (χ3v) is 3.66. The van der Waals surface area contributed by atoms with Crippen molar-refractivity contribution in [2.45, 2.75) is 18.9 Å². The molecule has 1 atom stereocenters. The number of piperidine rings is 1. The van der Waals surface area contributed by atoms with Crippen molar-refractivity contribution in [2.24, 2.45) is 0 Å². The molecule has 21 heavy (non-hydrogen) atoms. The van der Waals surface area contributed by atoms with Crippen LogP contribution in [0.3, 0.4) is 0 Å². The van der Waals surface area contributed by atoms with Gasteiger partial charge in [-0.3, -0.25) is 14.5 Å². The van der Waals surface area contributed by atoms with Crippen molar-refractivity contribution >= 4 is 23.7 Å². The molecule has 0 bridgehead atoms. The zero-order valence-corrected chi connectivity index (χ0v) is 10.9. The summed E-state index contributed by atoms with van der Waals surface area (Å²) < 4.78 is 0. The zero-order valence-electron chi connectivity index (χ0n) is 10.9. The first kappa shape index (κ1) is 13.1. The van der Waals surface area contributed by atoms with E-state index in [-0.39, 0.29) is 11.4 Å².